The molecule has 0 aliphatic carbocycles. The summed E-state index contributed by atoms with van der Waals surface area (Å²) >= 11 is 0. The number of aliphatic hydroxyl groups excluding tert-OH is 1. The summed E-state index contributed by atoms with van der Waals surface area (Å²) < 4.78 is 52.5. The summed E-state index contributed by atoms with van der Waals surface area (Å²) in [5.74, 6) is 5.04. The Balaban J connectivity index is 2.05. The average Bonchev–Trinajstić information content (AvgIpc) is 3.05. The number of hydrogen-bond acceptors (Lipinski definition) is 13. The first-order chi connectivity index (χ1) is 16.5. The molecule has 0 saturated carbocycles. The van der Waals surface area contributed by atoms with Crippen LogP contribution < -0.4 is 11.4 Å². The van der Waals surface area contributed by atoms with E-state index in [0.29, 0.717) is 0 Å². The highest BCUT2D eigenvalue weighted by atomic mass is 31.3. The molecule has 1 aliphatic rings. The van der Waals surface area contributed by atoms with Gasteiger partial charge in [-0.25, -0.2) is 18.2 Å². The molecular formula is C14H23N3O15P4. The van der Waals surface area contributed by atoms with Gasteiger partial charge >= 0.3 is 37.5 Å². The SMILES string of the molecule is Nc1nc(=O)n(C2CC(O)C(COP(=O)(O)OP(=O)(O)OP(O)O)O2)cc1C#CCCCP(=O)(O)O. The first-order valence-electron chi connectivity index (χ1n) is 9.63. The van der Waals surface area contributed by atoms with Gasteiger partial charge in [0.2, 0.25) is 0 Å². The second kappa shape index (κ2) is 12.6. The van der Waals surface area contributed by atoms with Crippen LogP contribution in [0.1, 0.15) is 31.1 Å². The maximum atomic E-state index is 12.3. The molecule has 2 heterocycles. The zero-order valence-electron chi connectivity index (χ0n) is 18.0. The van der Waals surface area contributed by atoms with Gasteiger partial charge in [0.25, 0.3) is 0 Å². The minimum atomic E-state index is -5.38. The van der Waals surface area contributed by atoms with E-state index in [4.69, 9.17) is 30.0 Å². The quantitative estimate of drug-likeness (QED) is 0.0884. The molecule has 1 aliphatic heterocycles. The molecule has 22 heteroatoms. The monoisotopic (exact) mass is 597 g/mol. The zero-order valence-corrected chi connectivity index (χ0v) is 21.6. The summed E-state index contributed by atoms with van der Waals surface area (Å²) in [5, 5.41) is 10.2. The van der Waals surface area contributed by atoms with Crippen LogP contribution in [0.25, 0.3) is 0 Å². The van der Waals surface area contributed by atoms with Gasteiger partial charge in [-0.3, -0.25) is 13.7 Å². The fourth-order valence-corrected chi connectivity index (χ4v) is 6.04. The van der Waals surface area contributed by atoms with E-state index in [-0.39, 0.29) is 36.8 Å². The molecule has 0 radical (unpaired) electrons. The molecule has 0 spiro atoms. The number of nitrogens with zero attached hydrogens (tertiary/aromatic N) is 2. The van der Waals surface area contributed by atoms with Gasteiger partial charge in [0.15, 0.2) is 0 Å². The van der Waals surface area contributed by atoms with E-state index in [0.717, 1.165) is 4.57 Å². The highest BCUT2D eigenvalue weighted by Crippen LogP contribution is 2.64. The number of anilines is 1. The minimum absolute atomic E-state index is 0.0863. The van der Waals surface area contributed by atoms with Crippen LogP contribution in [0.4, 0.5) is 5.82 Å². The third-order valence-electron chi connectivity index (χ3n) is 4.25. The molecule has 0 amide bonds. The van der Waals surface area contributed by atoms with E-state index in [1.54, 1.807) is 0 Å². The molecule has 0 bridgehead atoms. The van der Waals surface area contributed by atoms with Crippen LogP contribution in [0.15, 0.2) is 11.0 Å². The number of nitrogens with two attached hydrogens (primary N) is 1. The fourth-order valence-electron chi connectivity index (χ4n) is 2.78. The van der Waals surface area contributed by atoms with Gasteiger partial charge in [0.05, 0.1) is 24.4 Å². The lowest BCUT2D eigenvalue weighted by molar-refractivity contribution is -0.0449. The van der Waals surface area contributed by atoms with Crippen LogP contribution in [0.2, 0.25) is 0 Å². The molecule has 5 unspecified atom stereocenters. The average molecular weight is 597 g/mol. The van der Waals surface area contributed by atoms with Crippen molar-refractivity contribution in [3.05, 3.63) is 22.2 Å². The maximum absolute atomic E-state index is 12.3. The number of aromatic nitrogens is 2. The summed E-state index contributed by atoms with van der Waals surface area (Å²) in [6.45, 7) is -0.859. The van der Waals surface area contributed by atoms with E-state index >= 15 is 0 Å². The van der Waals surface area contributed by atoms with Crippen LogP contribution in [-0.2, 0) is 31.6 Å². The molecule has 36 heavy (non-hydrogen) atoms. The lowest BCUT2D eigenvalue weighted by Gasteiger charge is -2.19. The van der Waals surface area contributed by atoms with E-state index in [1.807, 2.05) is 0 Å². The molecule has 1 aromatic heterocycles. The van der Waals surface area contributed by atoms with E-state index < -0.39 is 62.6 Å². The standard InChI is InChI=1S/C14H23N3O15P4/c15-13-9(4-2-1-3-5-34(22,23)24)7-17(14(19)16-13)12-6-10(18)11(30-12)8-29-35(25,26)32-36(27,28)31-33(20)21/h7,10-12,18,20-21H,1,3,5-6,8H2,(H,25,26)(H,27,28)(H2,15,16,19)(H2,22,23,24). The molecule has 1 saturated heterocycles. The Hall–Kier alpha value is -1.08. The van der Waals surface area contributed by atoms with Gasteiger partial charge in [-0.1, -0.05) is 11.8 Å². The van der Waals surface area contributed by atoms with Crippen LogP contribution in [-0.4, -0.2) is 69.0 Å². The highest BCUT2D eigenvalue weighted by Gasteiger charge is 2.41. The van der Waals surface area contributed by atoms with Gasteiger partial charge < -0.3 is 44.9 Å². The number of nitrogen functional groups attached to an aromatic ring is 1. The zero-order chi connectivity index (χ0) is 27.3. The van der Waals surface area contributed by atoms with E-state index in [1.165, 1.54) is 6.20 Å². The summed E-state index contributed by atoms with van der Waals surface area (Å²) in [4.78, 5) is 69.4. The molecule has 1 fully saturated rings. The Labute approximate surface area is 204 Å². The maximum Gasteiger partial charge on any atom is 0.487 e. The van der Waals surface area contributed by atoms with E-state index in [2.05, 4.69) is 30.0 Å². The number of rotatable bonds is 11. The lowest BCUT2D eigenvalue weighted by atomic mass is 10.2. The van der Waals surface area contributed by atoms with Crippen molar-refractivity contribution < 1.29 is 66.0 Å². The van der Waals surface area contributed by atoms with Crippen molar-refractivity contribution in [2.24, 2.45) is 0 Å². The van der Waals surface area contributed by atoms with Crippen LogP contribution in [0, 0.1) is 11.8 Å². The molecule has 204 valence electrons. The second-order valence-corrected chi connectivity index (χ2v) is 12.8. The molecule has 1 aromatic rings. The van der Waals surface area contributed by atoms with Crippen molar-refractivity contribution in [2.75, 3.05) is 18.5 Å². The number of ether oxygens (including phenoxy) is 1. The Morgan fingerprint density at radius 1 is 1.22 bits per heavy atom. The Bertz CT molecular complexity index is 1190. The number of phosphoric acid groups is 2. The first-order valence-corrected chi connectivity index (χ1v) is 15.6. The molecular weight excluding hydrogens is 574 g/mol. The van der Waals surface area contributed by atoms with Gasteiger partial charge in [0, 0.05) is 19.0 Å². The topological polar surface area (TPSA) is 291 Å². The Kier molecular flexibility index (Phi) is 10.9. The van der Waals surface area contributed by atoms with Crippen molar-refractivity contribution in [1.29, 1.82) is 0 Å². The van der Waals surface area contributed by atoms with Crippen molar-refractivity contribution in [1.82, 2.24) is 9.55 Å². The first kappa shape index (κ1) is 31.1. The summed E-state index contributed by atoms with van der Waals surface area (Å²) in [6, 6.07) is 0. The van der Waals surface area contributed by atoms with Gasteiger partial charge in [-0.2, -0.15) is 9.29 Å². The van der Waals surface area contributed by atoms with Crippen molar-refractivity contribution >= 4 is 37.7 Å². The number of unbranched alkanes of at least 4 members (excludes halogenated alkanes) is 1. The smallest absolute Gasteiger partial charge is 0.390 e. The minimum Gasteiger partial charge on any atom is -0.390 e. The third kappa shape index (κ3) is 10.4. The van der Waals surface area contributed by atoms with Crippen LogP contribution in [0.5, 0.6) is 0 Å². The van der Waals surface area contributed by atoms with Crippen molar-refractivity contribution in [2.45, 2.75) is 37.7 Å². The molecule has 2 rings (SSSR count). The number of aliphatic hydroxyl groups is 1. The fraction of sp³-hybridized carbons (Fsp3) is 0.571. The van der Waals surface area contributed by atoms with Crippen molar-refractivity contribution in [3.8, 4) is 11.8 Å². The predicted molar refractivity (Wildman–Crippen MR) is 120 cm³/mol. The number of phosphoric ester groups is 1. The van der Waals surface area contributed by atoms with Crippen LogP contribution in [0.3, 0.4) is 0 Å². The van der Waals surface area contributed by atoms with Crippen LogP contribution >= 0.6 is 31.8 Å². The highest BCUT2D eigenvalue weighted by molar-refractivity contribution is 7.65. The summed E-state index contributed by atoms with van der Waals surface area (Å²) in [6.07, 6.45) is -2.97. The molecule has 5 atom stereocenters. The second-order valence-electron chi connectivity index (χ2n) is 7.10. The van der Waals surface area contributed by atoms with E-state index in [9.17, 15) is 33.4 Å². The van der Waals surface area contributed by atoms with Gasteiger partial charge in [-0.15, -0.1) is 0 Å². The predicted octanol–water partition coefficient (Wildman–Crippen LogP) is -0.755. The third-order valence-corrected chi connectivity index (χ3v) is 8.69. The molecule has 18 nitrogen and oxygen atoms in total. The van der Waals surface area contributed by atoms with Gasteiger partial charge in [-0.05, 0) is 6.42 Å². The van der Waals surface area contributed by atoms with Gasteiger partial charge in [0.1, 0.15) is 18.1 Å². The number of hydrogen-bond donors (Lipinski definition) is 8. The summed E-state index contributed by atoms with van der Waals surface area (Å²) in [7, 11) is -18.2. The molecule has 0 aromatic carbocycles. The van der Waals surface area contributed by atoms with Crippen molar-refractivity contribution in [3.63, 3.8) is 0 Å². The normalized spacial score (nSPS) is 23.6. The molecule has 9 N–H and O–H groups in total. The lowest BCUT2D eigenvalue weighted by Crippen LogP contribution is -2.29. The summed E-state index contributed by atoms with van der Waals surface area (Å²) in [5.41, 5.74) is 4.89. The Morgan fingerprint density at radius 2 is 1.89 bits per heavy atom. The Morgan fingerprint density at radius 3 is 2.50 bits per heavy atom. The largest absolute Gasteiger partial charge is 0.487 e.